The zero-order chi connectivity index (χ0) is 20.7. The number of amides is 2. The summed E-state index contributed by atoms with van der Waals surface area (Å²) in [7, 11) is 0. The second kappa shape index (κ2) is 6.68. The minimum atomic E-state index is -1.37. The lowest BCUT2D eigenvalue weighted by Crippen LogP contribution is -2.29. The normalized spacial score (nSPS) is 14.9. The van der Waals surface area contributed by atoms with Crippen molar-refractivity contribution in [3.8, 4) is 6.07 Å². The number of rotatable bonds is 4. The molecular formula is C18H13N7O4. The number of aromatic carboxylic acids is 1. The van der Waals surface area contributed by atoms with Crippen molar-refractivity contribution in [2.45, 2.75) is 18.9 Å². The van der Waals surface area contributed by atoms with E-state index in [1.54, 1.807) is 18.2 Å². The number of carboxylic acids is 1. The quantitative estimate of drug-likeness (QED) is 0.565. The third-order valence-electron chi connectivity index (χ3n) is 4.71. The highest BCUT2D eigenvalue weighted by Gasteiger charge is 2.27. The Kier molecular flexibility index (Phi) is 4.16. The highest BCUT2D eigenvalue weighted by Crippen LogP contribution is 2.31. The minimum Gasteiger partial charge on any atom is -0.477 e. The second-order valence-electron chi connectivity index (χ2n) is 6.46. The van der Waals surface area contributed by atoms with Crippen molar-refractivity contribution in [2.75, 3.05) is 0 Å². The second-order valence-corrected chi connectivity index (χ2v) is 6.46. The van der Waals surface area contributed by atoms with Crippen LogP contribution in [0.1, 0.15) is 60.6 Å². The van der Waals surface area contributed by atoms with Gasteiger partial charge in [-0.2, -0.15) is 9.78 Å². The van der Waals surface area contributed by atoms with Gasteiger partial charge in [0.25, 0.3) is 11.8 Å². The fraction of sp³-hybridized carbons (Fsp3) is 0.167. The maximum atomic E-state index is 12.8. The minimum absolute atomic E-state index is 0.207. The average molecular weight is 391 g/mol. The van der Waals surface area contributed by atoms with E-state index in [-0.39, 0.29) is 28.8 Å². The van der Waals surface area contributed by atoms with Gasteiger partial charge in [-0.1, -0.05) is 11.3 Å². The molecule has 2 aromatic heterocycles. The largest absolute Gasteiger partial charge is 0.477 e. The Morgan fingerprint density at radius 1 is 1.31 bits per heavy atom. The number of nitrogens with zero attached hydrogens (tertiary/aromatic N) is 5. The summed E-state index contributed by atoms with van der Waals surface area (Å²) in [4.78, 5) is 39.9. The Labute approximate surface area is 162 Å². The first kappa shape index (κ1) is 18.1. The number of carboxylic acid groups (broad SMARTS) is 1. The first-order chi connectivity index (χ1) is 13.9. The van der Waals surface area contributed by atoms with Crippen molar-refractivity contribution in [1.82, 2.24) is 25.1 Å². The molecule has 1 atom stereocenters. The fourth-order valence-corrected chi connectivity index (χ4v) is 3.37. The van der Waals surface area contributed by atoms with Crippen molar-refractivity contribution < 1.29 is 19.5 Å². The molecule has 4 N–H and O–H groups in total. The van der Waals surface area contributed by atoms with Crippen LogP contribution in [0.5, 0.6) is 0 Å². The van der Waals surface area contributed by atoms with Gasteiger partial charge in [0.2, 0.25) is 0 Å². The molecule has 144 valence electrons. The summed E-state index contributed by atoms with van der Waals surface area (Å²) in [5.74, 6) is -2.93. The van der Waals surface area contributed by atoms with Crippen LogP contribution in [0, 0.1) is 11.3 Å². The fourth-order valence-electron chi connectivity index (χ4n) is 3.37. The maximum absolute atomic E-state index is 12.8. The third-order valence-corrected chi connectivity index (χ3v) is 4.71. The van der Waals surface area contributed by atoms with Crippen LogP contribution in [0.25, 0.3) is 5.65 Å². The Balaban J connectivity index is 1.70. The lowest BCUT2D eigenvalue weighted by Gasteiger charge is -2.14. The van der Waals surface area contributed by atoms with E-state index in [0.29, 0.717) is 18.4 Å². The van der Waals surface area contributed by atoms with Crippen LogP contribution in [-0.4, -0.2) is 42.7 Å². The monoisotopic (exact) mass is 391 g/mol. The van der Waals surface area contributed by atoms with Gasteiger partial charge < -0.3 is 16.2 Å². The lowest BCUT2D eigenvalue weighted by molar-refractivity contribution is 0.0686. The molecular weight excluding hydrogens is 378 g/mol. The number of nitriles is 1. The number of fused-ring (bicyclic) bond motifs is 2. The van der Waals surface area contributed by atoms with Crippen LogP contribution in [0.2, 0.25) is 0 Å². The van der Waals surface area contributed by atoms with E-state index in [1.165, 1.54) is 0 Å². The lowest BCUT2D eigenvalue weighted by atomic mass is 10.1. The molecule has 0 fully saturated rings. The maximum Gasteiger partial charge on any atom is 0.354 e. The number of hydrogen-bond donors (Lipinski definition) is 3. The smallest absolute Gasteiger partial charge is 0.354 e. The molecule has 1 aromatic carbocycles. The molecule has 1 aliphatic carbocycles. The first-order valence-electron chi connectivity index (χ1n) is 8.52. The third kappa shape index (κ3) is 3.02. The SMILES string of the molecule is N#Cc1ccc2c(c1)CC[C@@H]2NC(=O)c1cc(C(=O)O)n2nnc(C(N)=O)c2n1. The summed E-state index contributed by atoms with van der Waals surface area (Å²) in [6, 6.07) is 8.07. The summed E-state index contributed by atoms with van der Waals surface area (Å²) < 4.78 is 0.841. The van der Waals surface area contributed by atoms with Gasteiger partial charge in [0.15, 0.2) is 17.0 Å². The predicted molar refractivity (Wildman–Crippen MR) is 95.9 cm³/mol. The van der Waals surface area contributed by atoms with Crippen molar-refractivity contribution in [3.05, 3.63) is 58.0 Å². The van der Waals surface area contributed by atoms with Crippen LogP contribution in [0.3, 0.4) is 0 Å². The van der Waals surface area contributed by atoms with Crippen molar-refractivity contribution in [3.63, 3.8) is 0 Å². The standard InChI is InChI=1S/C18H13N7O4/c19-7-8-1-3-10-9(5-8)2-4-11(10)22-17(27)12-6-13(18(28)29)25-16(21-12)14(15(20)26)23-24-25/h1,3,5-6,11H,2,4H2,(H2,20,26)(H,22,27)(H,28,29)/t11-/m0/s1. The van der Waals surface area contributed by atoms with Crippen molar-refractivity contribution in [1.29, 1.82) is 5.26 Å². The Morgan fingerprint density at radius 3 is 2.79 bits per heavy atom. The van der Waals surface area contributed by atoms with Gasteiger partial charge in [0.05, 0.1) is 17.7 Å². The Morgan fingerprint density at radius 2 is 2.10 bits per heavy atom. The molecule has 0 radical (unpaired) electrons. The highest BCUT2D eigenvalue weighted by molar-refractivity contribution is 6.00. The summed E-state index contributed by atoms with van der Waals surface area (Å²) in [6.45, 7) is 0. The van der Waals surface area contributed by atoms with E-state index in [4.69, 9.17) is 11.0 Å². The molecule has 11 nitrogen and oxygen atoms in total. The number of carbonyl (C=O) groups is 3. The number of nitrogens with one attached hydrogen (secondary N) is 1. The van der Waals surface area contributed by atoms with Gasteiger partial charge in [-0.05, 0) is 36.1 Å². The number of carbonyl (C=O) groups excluding carboxylic acids is 2. The molecule has 0 saturated heterocycles. The highest BCUT2D eigenvalue weighted by atomic mass is 16.4. The molecule has 0 saturated carbocycles. The molecule has 0 spiro atoms. The van der Waals surface area contributed by atoms with Gasteiger partial charge in [-0.25, -0.2) is 9.78 Å². The van der Waals surface area contributed by atoms with Crippen LogP contribution in [0.15, 0.2) is 24.3 Å². The molecule has 2 heterocycles. The van der Waals surface area contributed by atoms with E-state index >= 15 is 0 Å². The number of aromatic nitrogens is 4. The van der Waals surface area contributed by atoms with E-state index in [9.17, 15) is 19.5 Å². The summed E-state index contributed by atoms with van der Waals surface area (Å²) in [6.07, 6.45) is 1.33. The van der Waals surface area contributed by atoms with Crippen LogP contribution >= 0.6 is 0 Å². The number of nitrogens with two attached hydrogens (primary N) is 1. The number of hydrogen-bond acceptors (Lipinski definition) is 7. The summed E-state index contributed by atoms with van der Waals surface area (Å²) in [5, 5.41) is 28.4. The molecule has 0 bridgehead atoms. The zero-order valence-corrected chi connectivity index (χ0v) is 14.8. The van der Waals surface area contributed by atoms with Gasteiger partial charge in [-0.3, -0.25) is 9.59 Å². The zero-order valence-electron chi connectivity index (χ0n) is 14.8. The molecule has 2 amide bonds. The molecule has 4 rings (SSSR count). The Bertz CT molecular complexity index is 1240. The Hall–Kier alpha value is -4.33. The summed E-state index contributed by atoms with van der Waals surface area (Å²) >= 11 is 0. The van der Waals surface area contributed by atoms with E-state index < -0.39 is 17.8 Å². The molecule has 0 aliphatic heterocycles. The van der Waals surface area contributed by atoms with Crippen LogP contribution in [-0.2, 0) is 6.42 Å². The van der Waals surface area contributed by atoms with E-state index in [1.807, 2.05) is 0 Å². The average Bonchev–Trinajstić information content (AvgIpc) is 3.30. The molecule has 0 unspecified atom stereocenters. The summed E-state index contributed by atoms with van der Waals surface area (Å²) in [5.41, 5.74) is 6.48. The number of benzene rings is 1. The van der Waals surface area contributed by atoms with Gasteiger partial charge in [0, 0.05) is 6.07 Å². The van der Waals surface area contributed by atoms with Gasteiger partial charge >= 0.3 is 5.97 Å². The van der Waals surface area contributed by atoms with E-state index in [0.717, 1.165) is 21.7 Å². The van der Waals surface area contributed by atoms with E-state index in [2.05, 4.69) is 26.7 Å². The predicted octanol–water partition coefficient (Wildman–Crippen LogP) is 0.210. The number of primary amides is 1. The molecule has 1 aliphatic rings. The van der Waals surface area contributed by atoms with Crippen LogP contribution < -0.4 is 11.1 Å². The van der Waals surface area contributed by atoms with Gasteiger partial charge in [0.1, 0.15) is 5.69 Å². The molecule has 29 heavy (non-hydrogen) atoms. The molecule has 3 aromatic rings. The molecule has 11 heteroatoms. The van der Waals surface area contributed by atoms with Crippen molar-refractivity contribution in [2.24, 2.45) is 5.73 Å². The number of aryl methyl sites for hydroxylation is 1. The topological polar surface area (TPSA) is 176 Å². The van der Waals surface area contributed by atoms with Gasteiger partial charge in [-0.15, -0.1) is 5.10 Å². The first-order valence-corrected chi connectivity index (χ1v) is 8.52. The van der Waals surface area contributed by atoms with Crippen molar-refractivity contribution >= 4 is 23.4 Å². The van der Waals surface area contributed by atoms with Crippen LogP contribution in [0.4, 0.5) is 0 Å².